The maximum absolute atomic E-state index is 12.8. The van der Waals surface area contributed by atoms with Gasteiger partial charge in [-0.05, 0) is 50.5 Å². The van der Waals surface area contributed by atoms with Crippen molar-refractivity contribution in [2.45, 2.75) is 46.0 Å². The predicted octanol–water partition coefficient (Wildman–Crippen LogP) is 4.73. The SMILES string of the molecule is Cc1ccc2nc(-c3ccc(C)o3)c(NC(=O)C3CCCCC3)n2c1. The third-order valence-corrected chi connectivity index (χ3v) is 4.96. The fraction of sp³-hybridized carbons (Fsp3) is 0.400. The van der Waals surface area contributed by atoms with E-state index >= 15 is 0 Å². The number of nitrogens with zero attached hydrogens (tertiary/aromatic N) is 2. The van der Waals surface area contributed by atoms with Gasteiger partial charge in [-0.1, -0.05) is 25.3 Å². The summed E-state index contributed by atoms with van der Waals surface area (Å²) < 4.78 is 7.72. The smallest absolute Gasteiger partial charge is 0.228 e. The maximum atomic E-state index is 12.8. The zero-order valence-electron chi connectivity index (χ0n) is 14.7. The number of rotatable bonds is 3. The van der Waals surface area contributed by atoms with Gasteiger partial charge in [0.2, 0.25) is 5.91 Å². The number of aromatic nitrogens is 2. The fourth-order valence-electron chi connectivity index (χ4n) is 3.59. The van der Waals surface area contributed by atoms with E-state index in [1.54, 1.807) is 0 Å². The molecule has 25 heavy (non-hydrogen) atoms. The van der Waals surface area contributed by atoms with Crippen LogP contribution in [0.5, 0.6) is 0 Å². The highest BCUT2D eigenvalue weighted by atomic mass is 16.3. The average Bonchev–Trinajstić information content (AvgIpc) is 3.19. The number of furan rings is 1. The van der Waals surface area contributed by atoms with Crippen molar-refractivity contribution in [3.05, 3.63) is 41.8 Å². The van der Waals surface area contributed by atoms with Crippen molar-refractivity contribution in [2.75, 3.05) is 5.32 Å². The van der Waals surface area contributed by atoms with Gasteiger partial charge in [0.25, 0.3) is 0 Å². The first kappa shape index (κ1) is 15.9. The lowest BCUT2D eigenvalue weighted by atomic mass is 9.89. The van der Waals surface area contributed by atoms with Crippen molar-refractivity contribution >= 4 is 17.4 Å². The number of carbonyl (C=O) groups excluding carboxylic acids is 1. The Morgan fingerprint density at radius 2 is 1.96 bits per heavy atom. The van der Waals surface area contributed by atoms with Crippen LogP contribution in [0.2, 0.25) is 0 Å². The van der Waals surface area contributed by atoms with E-state index < -0.39 is 0 Å². The zero-order chi connectivity index (χ0) is 17.4. The summed E-state index contributed by atoms with van der Waals surface area (Å²) in [6.07, 6.45) is 7.43. The van der Waals surface area contributed by atoms with E-state index in [2.05, 4.69) is 5.32 Å². The molecule has 5 heteroatoms. The van der Waals surface area contributed by atoms with Crippen LogP contribution in [0.3, 0.4) is 0 Å². The maximum Gasteiger partial charge on any atom is 0.228 e. The molecule has 3 aromatic rings. The number of pyridine rings is 1. The second-order valence-electron chi connectivity index (χ2n) is 6.98. The second kappa shape index (κ2) is 6.39. The Bertz CT molecular complexity index is 916. The van der Waals surface area contributed by atoms with E-state index in [0.717, 1.165) is 42.7 Å². The van der Waals surface area contributed by atoms with Gasteiger partial charge in [0.15, 0.2) is 5.76 Å². The zero-order valence-corrected chi connectivity index (χ0v) is 14.7. The number of aryl methyl sites for hydroxylation is 2. The lowest BCUT2D eigenvalue weighted by molar-refractivity contribution is -0.120. The van der Waals surface area contributed by atoms with Gasteiger partial charge in [-0.25, -0.2) is 4.98 Å². The number of amides is 1. The Morgan fingerprint density at radius 3 is 2.68 bits per heavy atom. The van der Waals surface area contributed by atoms with Crippen LogP contribution in [0.25, 0.3) is 17.1 Å². The monoisotopic (exact) mass is 337 g/mol. The van der Waals surface area contributed by atoms with Gasteiger partial charge >= 0.3 is 0 Å². The summed E-state index contributed by atoms with van der Waals surface area (Å²) in [5.74, 6) is 2.39. The fourth-order valence-corrected chi connectivity index (χ4v) is 3.59. The second-order valence-corrected chi connectivity index (χ2v) is 6.98. The number of hydrogen-bond acceptors (Lipinski definition) is 3. The predicted molar refractivity (Wildman–Crippen MR) is 97.6 cm³/mol. The van der Waals surface area contributed by atoms with Crippen LogP contribution in [0, 0.1) is 19.8 Å². The summed E-state index contributed by atoms with van der Waals surface area (Å²) in [5.41, 5.74) is 2.59. The third kappa shape index (κ3) is 3.06. The van der Waals surface area contributed by atoms with E-state index in [0.29, 0.717) is 17.3 Å². The van der Waals surface area contributed by atoms with Crippen molar-refractivity contribution in [1.82, 2.24) is 9.38 Å². The lowest BCUT2D eigenvalue weighted by Gasteiger charge is -2.20. The first-order chi connectivity index (χ1) is 12.1. The third-order valence-electron chi connectivity index (χ3n) is 4.96. The number of fused-ring (bicyclic) bond motifs is 1. The molecule has 4 rings (SSSR count). The minimum atomic E-state index is 0.0903. The molecule has 0 bridgehead atoms. The summed E-state index contributed by atoms with van der Waals surface area (Å²) in [5, 5.41) is 3.14. The number of hydrogen-bond donors (Lipinski definition) is 1. The molecule has 0 spiro atoms. The van der Waals surface area contributed by atoms with Crippen LogP contribution >= 0.6 is 0 Å². The number of imidazole rings is 1. The molecule has 0 aliphatic heterocycles. The van der Waals surface area contributed by atoms with Gasteiger partial charge in [0.1, 0.15) is 22.9 Å². The van der Waals surface area contributed by atoms with Crippen LogP contribution in [-0.2, 0) is 4.79 Å². The van der Waals surface area contributed by atoms with Crippen LogP contribution in [-0.4, -0.2) is 15.3 Å². The van der Waals surface area contributed by atoms with Gasteiger partial charge in [-0.15, -0.1) is 0 Å². The summed E-state index contributed by atoms with van der Waals surface area (Å²) in [6.45, 7) is 3.94. The molecular weight excluding hydrogens is 314 g/mol. The van der Waals surface area contributed by atoms with Crippen LogP contribution in [0.4, 0.5) is 5.82 Å². The van der Waals surface area contributed by atoms with Crippen LogP contribution < -0.4 is 5.32 Å². The first-order valence-electron chi connectivity index (χ1n) is 8.98. The quantitative estimate of drug-likeness (QED) is 0.751. The van der Waals surface area contributed by atoms with Gasteiger partial charge in [0.05, 0.1) is 0 Å². The van der Waals surface area contributed by atoms with Gasteiger partial charge in [-0.2, -0.15) is 0 Å². The Hall–Kier alpha value is -2.56. The molecular formula is C20H23N3O2. The van der Waals surface area contributed by atoms with Crippen molar-refractivity contribution in [3.8, 4) is 11.5 Å². The molecule has 3 heterocycles. The highest BCUT2D eigenvalue weighted by molar-refractivity contribution is 5.95. The summed E-state index contributed by atoms with van der Waals surface area (Å²) in [4.78, 5) is 17.5. The lowest BCUT2D eigenvalue weighted by Crippen LogP contribution is -2.25. The van der Waals surface area contributed by atoms with Crippen molar-refractivity contribution in [3.63, 3.8) is 0 Å². The summed E-state index contributed by atoms with van der Waals surface area (Å²) in [6, 6.07) is 7.80. The number of carbonyl (C=O) groups is 1. The molecule has 1 saturated carbocycles. The van der Waals surface area contributed by atoms with Gasteiger partial charge in [0, 0.05) is 12.1 Å². The molecule has 1 amide bonds. The molecule has 3 aromatic heterocycles. The standard InChI is InChI=1S/C20H23N3O2/c1-13-8-11-17-21-18(16-10-9-14(2)25-16)19(23(17)12-13)22-20(24)15-6-4-3-5-7-15/h8-12,15H,3-7H2,1-2H3,(H,22,24). The van der Waals surface area contributed by atoms with Crippen molar-refractivity contribution in [1.29, 1.82) is 0 Å². The summed E-state index contributed by atoms with van der Waals surface area (Å²) in [7, 11) is 0. The van der Waals surface area contributed by atoms with Gasteiger partial charge in [-0.3, -0.25) is 9.20 Å². The molecule has 1 aliphatic carbocycles. The van der Waals surface area contributed by atoms with Crippen molar-refractivity contribution in [2.24, 2.45) is 5.92 Å². The summed E-state index contributed by atoms with van der Waals surface area (Å²) >= 11 is 0. The van der Waals surface area contributed by atoms with E-state index in [-0.39, 0.29) is 11.8 Å². The molecule has 1 aliphatic rings. The molecule has 0 saturated heterocycles. The van der Waals surface area contributed by atoms with Crippen LogP contribution in [0.15, 0.2) is 34.9 Å². The van der Waals surface area contributed by atoms with Gasteiger partial charge < -0.3 is 9.73 Å². The number of nitrogens with one attached hydrogen (secondary N) is 1. The Labute approximate surface area is 147 Å². The normalized spacial score (nSPS) is 15.6. The minimum Gasteiger partial charge on any atom is -0.460 e. The molecule has 1 N–H and O–H groups in total. The molecule has 0 unspecified atom stereocenters. The molecule has 0 atom stereocenters. The van der Waals surface area contributed by atoms with E-state index in [1.165, 1.54) is 6.42 Å². The molecule has 130 valence electrons. The molecule has 5 nitrogen and oxygen atoms in total. The highest BCUT2D eigenvalue weighted by Gasteiger charge is 2.25. The Morgan fingerprint density at radius 1 is 1.16 bits per heavy atom. The largest absolute Gasteiger partial charge is 0.460 e. The average molecular weight is 337 g/mol. The molecule has 1 fully saturated rings. The van der Waals surface area contributed by atoms with Crippen LogP contribution in [0.1, 0.15) is 43.4 Å². The molecule has 0 aromatic carbocycles. The topological polar surface area (TPSA) is 59.5 Å². The van der Waals surface area contributed by atoms with Crippen molar-refractivity contribution < 1.29 is 9.21 Å². The van der Waals surface area contributed by atoms with E-state index in [1.807, 2.05) is 48.7 Å². The van der Waals surface area contributed by atoms with E-state index in [9.17, 15) is 4.79 Å². The highest BCUT2D eigenvalue weighted by Crippen LogP contribution is 2.32. The Kier molecular flexibility index (Phi) is 4.07. The number of anilines is 1. The Balaban J connectivity index is 1.76. The van der Waals surface area contributed by atoms with E-state index in [4.69, 9.17) is 9.40 Å². The first-order valence-corrected chi connectivity index (χ1v) is 8.98. The molecule has 0 radical (unpaired) electrons. The minimum absolute atomic E-state index is 0.0903.